The Morgan fingerprint density at radius 2 is 0.750 bits per heavy atom. The highest BCUT2D eigenvalue weighted by molar-refractivity contribution is 5.70. The summed E-state index contributed by atoms with van der Waals surface area (Å²) >= 11 is 0. The Morgan fingerprint density at radius 1 is 0.408 bits per heavy atom. The fourth-order valence-electron chi connectivity index (χ4n) is 8.38. The van der Waals surface area contributed by atoms with E-state index in [2.05, 4.69) is 111 Å². The first kappa shape index (κ1) is 72.2. The van der Waals surface area contributed by atoms with Crippen LogP contribution in [-0.2, 0) is 33.3 Å². The molecule has 9 heteroatoms. The van der Waals surface area contributed by atoms with Gasteiger partial charge in [-0.1, -0.05) is 259 Å². The van der Waals surface area contributed by atoms with Crippen LogP contribution >= 0.6 is 0 Å². The van der Waals surface area contributed by atoms with Crippen LogP contribution in [0.5, 0.6) is 0 Å². The minimum atomic E-state index is -1.62. The molecule has 9 nitrogen and oxygen atoms in total. The van der Waals surface area contributed by atoms with Gasteiger partial charge in [0.25, 0.3) is 0 Å². The molecule has 0 aromatic rings. The van der Waals surface area contributed by atoms with Gasteiger partial charge in [-0.3, -0.25) is 9.59 Å². The standard InChI is InChI=1S/C67H115NO8/c1-6-8-10-12-14-16-18-20-22-23-24-25-26-27-28-29-30-31-32-33-34-35-36-37-38-39-40-41-42-43-44-46-48-50-52-54-56-58-65(70)76-63(62-75-67(66(71)72)73-60-59-68(3,4)5)61-74-64(69)57-55-53-51-49-47-45-21-19-17-15-13-11-9-7-2/h8,10,14,16,20,22,24-25,27-28,30-31,33-34,36-37,63,67H,6-7,9,11-13,15,17-19,21,23,26,29,32,35,38-62H2,1-5H3/b10-8-,16-14-,22-20-,25-24-,28-27-,31-30-,34-33-,37-36-. The Kier molecular flexibility index (Phi) is 54.5. The van der Waals surface area contributed by atoms with Crippen molar-refractivity contribution in [2.24, 2.45) is 0 Å². The second-order valence-corrected chi connectivity index (χ2v) is 21.6. The fraction of sp³-hybridized carbons (Fsp3) is 0.716. The third-order valence-corrected chi connectivity index (χ3v) is 13.1. The number of ether oxygens (including phenoxy) is 4. The van der Waals surface area contributed by atoms with E-state index in [4.69, 9.17) is 18.9 Å². The maximum absolute atomic E-state index is 12.9. The van der Waals surface area contributed by atoms with E-state index in [0.29, 0.717) is 23.9 Å². The van der Waals surface area contributed by atoms with E-state index in [0.717, 1.165) is 89.9 Å². The topological polar surface area (TPSA) is 111 Å². The molecular weight excluding hydrogens is 947 g/mol. The molecule has 0 amide bonds. The van der Waals surface area contributed by atoms with Crippen LogP contribution in [0.4, 0.5) is 0 Å². The maximum atomic E-state index is 12.9. The van der Waals surface area contributed by atoms with Crippen molar-refractivity contribution < 1.29 is 42.9 Å². The summed E-state index contributed by atoms with van der Waals surface area (Å²) in [5, 5.41) is 11.8. The number of hydrogen-bond acceptors (Lipinski definition) is 8. The fourth-order valence-corrected chi connectivity index (χ4v) is 8.38. The summed E-state index contributed by atoms with van der Waals surface area (Å²) in [4.78, 5) is 37.3. The van der Waals surface area contributed by atoms with Crippen molar-refractivity contribution in [1.29, 1.82) is 0 Å². The van der Waals surface area contributed by atoms with E-state index in [9.17, 15) is 19.5 Å². The Labute approximate surface area is 467 Å². The quantitative estimate of drug-likeness (QED) is 0.0195. The van der Waals surface area contributed by atoms with Crippen molar-refractivity contribution in [2.45, 2.75) is 264 Å². The molecule has 0 aromatic heterocycles. The van der Waals surface area contributed by atoms with Crippen LogP contribution in [0, 0.1) is 0 Å². The Balaban J connectivity index is 4.12. The Hall–Kier alpha value is -3.79. The molecular formula is C67H115NO8. The first-order valence-corrected chi connectivity index (χ1v) is 30.9. The second kappa shape index (κ2) is 57.4. The molecule has 0 aliphatic heterocycles. The molecule has 0 aliphatic rings. The normalized spacial score (nSPS) is 13.4. The second-order valence-electron chi connectivity index (χ2n) is 21.6. The number of nitrogens with zero attached hydrogens (tertiary/aromatic N) is 1. The number of allylic oxidation sites excluding steroid dienone is 16. The molecule has 0 heterocycles. The predicted molar refractivity (Wildman–Crippen MR) is 320 cm³/mol. The molecule has 436 valence electrons. The van der Waals surface area contributed by atoms with Crippen LogP contribution in [0.1, 0.15) is 251 Å². The molecule has 0 rings (SSSR count). The third kappa shape index (κ3) is 57.9. The van der Waals surface area contributed by atoms with Crippen molar-refractivity contribution in [3.05, 3.63) is 97.2 Å². The SMILES string of the molecule is CC/C=C\C/C=C\C/C=C\C/C=C\C/C=C\C/C=C\C/C=C\C/C=C\CCCCCCCCCCCCCCC(=O)OC(COC(=O)CCCCCCCCCCCCCCCC)COC(OCC[N+](C)(C)C)C(=O)[O-]. The van der Waals surface area contributed by atoms with Crippen LogP contribution in [0.25, 0.3) is 0 Å². The molecule has 0 bridgehead atoms. The highest BCUT2D eigenvalue weighted by atomic mass is 16.7. The van der Waals surface area contributed by atoms with Crippen LogP contribution in [-0.4, -0.2) is 82.3 Å². The summed E-state index contributed by atoms with van der Waals surface area (Å²) in [6.07, 6.45) is 74.7. The summed E-state index contributed by atoms with van der Waals surface area (Å²) in [5.41, 5.74) is 0. The molecule has 0 saturated carbocycles. The van der Waals surface area contributed by atoms with Gasteiger partial charge in [0, 0.05) is 12.8 Å². The largest absolute Gasteiger partial charge is 0.545 e. The summed E-state index contributed by atoms with van der Waals surface area (Å²) < 4.78 is 22.7. The number of carbonyl (C=O) groups is 3. The average Bonchev–Trinajstić information content (AvgIpc) is 3.39. The van der Waals surface area contributed by atoms with Gasteiger partial charge >= 0.3 is 11.9 Å². The number of aliphatic carboxylic acids is 1. The lowest BCUT2D eigenvalue weighted by molar-refractivity contribution is -0.870. The molecule has 0 N–H and O–H groups in total. The number of carboxylic acid groups (broad SMARTS) is 1. The predicted octanol–water partition coefficient (Wildman–Crippen LogP) is 17.2. The van der Waals surface area contributed by atoms with Crippen molar-refractivity contribution in [3.63, 3.8) is 0 Å². The number of likely N-dealkylation sites (N-methyl/N-ethyl adjacent to an activating group) is 1. The summed E-state index contributed by atoms with van der Waals surface area (Å²) in [6, 6.07) is 0. The lowest BCUT2D eigenvalue weighted by Crippen LogP contribution is -2.44. The minimum Gasteiger partial charge on any atom is -0.545 e. The Morgan fingerprint density at radius 3 is 1.12 bits per heavy atom. The van der Waals surface area contributed by atoms with E-state index in [1.54, 1.807) is 0 Å². The lowest BCUT2D eigenvalue weighted by Gasteiger charge is -2.26. The van der Waals surface area contributed by atoms with Gasteiger partial charge in [0.2, 0.25) is 0 Å². The number of esters is 2. The van der Waals surface area contributed by atoms with Crippen molar-refractivity contribution in [1.82, 2.24) is 0 Å². The molecule has 0 fully saturated rings. The monoisotopic (exact) mass is 1060 g/mol. The van der Waals surface area contributed by atoms with Crippen LogP contribution in [0.15, 0.2) is 97.2 Å². The first-order chi connectivity index (χ1) is 37.1. The van der Waals surface area contributed by atoms with Gasteiger partial charge in [0.1, 0.15) is 13.2 Å². The highest BCUT2D eigenvalue weighted by Gasteiger charge is 2.22. The van der Waals surface area contributed by atoms with Crippen LogP contribution < -0.4 is 5.11 Å². The summed E-state index contributed by atoms with van der Waals surface area (Å²) in [5.74, 6) is -2.28. The first-order valence-electron chi connectivity index (χ1n) is 30.9. The number of hydrogen-bond donors (Lipinski definition) is 0. The number of quaternary nitrogens is 1. The molecule has 0 aliphatic carbocycles. The molecule has 2 unspecified atom stereocenters. The van der Waals surface area contributed by atoms with E-state index < -0.39 is 24.3 Å². The molecule has 0 spiro atoms. The number of carboxylic acids is 1. The molecule has 0 radical (unpaired) electrons. The summed E-state index contributed by atoms with van der Waals surface area (Å²) in [6.45, 7) is 4.64. The lowest BCUT2D eigenvalue weighted by atomic mass is 10.0. The van der Waals surface area contributed by atoms with Gasteiger partial charge in [-0.05, 0) is 77.0 Å². The van der Waals surface area contributed by atoms with Crippen molar-refractivity contribution in [2.75, 3.05) is 47.5 Å². The molecule has 0 saturated heterocycles. The minimum absolute atomic E-state index is 0.145. The zero-order valence-electron chi connectivity index (χ0n) is 49.6. The average molecular weight is 1060 g/mol. The van der Waals surface area contributed by atoms with Crippen LogP contribution in [0.3, 0.4) is 0 Å². The summed E-state index contributed by atoms with van der Waals surface area (Å²) in [7, 11) is 5.92. The van der Waals surface area contributed by atoms with Crippen molar-refractivity contribution in [3.8, 4) is 0 Å². The van der Waals surface area contributed by atoms with Gasteiger partial charge in [-0.25, -0.2) is 0 Å². The van der Waals surface area contributed by atoms with E-state index in [-0.39, 0.29) is 32.2 Å². The maximum Gasteiger partial charge on any atom is 0.306 e. The van der Waals surface area contributed by atoms with Crippen molar-refractivity contribution >= 4 is 17.9 Å². The number of unbranched alkanes of at least 4 members (excludes halogenated alkanes) is 25. The van der Waals surface area contributed by atoms with E-state index in [1.807, 2.05) is 21.1 Å². The Bertz CT molecular complexity index is 1570. The zero-order valence-corrected chi connectivity index (χ0v) is 49.6. The smallest absolute Gasteiger partial charge is 0.306 e. The number of carbonyl (C=O) groups excluding carboxylic acids is 3. The molecule has 0 aromatic carbocycles. The number of rotatable bonds is 56. The van der Waals surface area contributed by atoms with Gasteiger partial charge in [-0.15, -0.1) is 0 Å². The highest BCUT2D eigenvalue weighted by Crippen LogP contribution is 2.16. The van der Waals surface area contributed by atoms with Gasteiger partial charge in [0.05, 0.1) is 40.3 Å². The van der Waals surface area contributed by atoms with E-state index in [1.165, 1.54) is 128 Å². The van der Waals surface area contributed by atoms with Gasteiger partial charge in [-0.2, -0.15) is 0 Å². The van der Waals surface area contributed by atoms with Gasteiger partial charge in [0.15, 0.2) is 12.4 Å². The van der Waals surface area contributed by atoms with E-state index >= 15 is 0 Å². The molecule has 2 atom stereocenters. The third-order valence-electron chi connectivity index (χ3n) is 13.1. The van der Waals surface area contributed by atoms with Crippen LogP contribution in [0.2, 0.25) is 0 Å². The van der Waals surface area contributed by atoms with Gasteiger partial charge < -0.3 is 33.3 Å². The molecule has 76 heavy (non-hydrogen) atoms. The zero-order chi connectivity index (χ0) is 55.5.